The average molecular weight is 587 g/mol. The van der Waals surface area contributed by atoms with Crippen LogP contribution in [0.3, 0.4) is 0 Å². The molecule has 0 saturated carbocycles. The van der Waals surface area contributed by atoms with Crippen LogP contribution in [0.2, 0.25) is 0 Å². The first-order chi connectivity index (χ1) is 20.2. The summed E-state index contributed by atoms with van der Waals surface area (Å²) in [5.74, 6) is 3.45. The topological polar surface area (TPSA) is 64.6 Å². The molecule has 0 saturated heterocycles. The van der Waals surface area contributed by atoms with Crippen LogP contribution in [0.4, 0.5) is 0 Å². The lowest BCUT2D eigenvalue weighted by molar-refractivity contribution is -0.132. The molecule has 7 nitrogen and oxygen atoms in total. The lowest BCUT2D eigenvalue weighted by Gasteiger charge is -2.19. The van der Waals surface area contributed by atoms with Crippen LogP contribution in [-0.2, 0) is 33.2 Å². The number of unbranched alkanes of at least 4 members (excludes halogenated alkanes) is 8. The summed E-state index contributed by atoms with van der Waals surface area (Å²) in [5, 5.41) is 0. The van der Waals surface area contributed by atoms with Gasteiger partial charge < -0.3 is 33.2 Å². The molecule has 0 aromatic rings. The first kappa shape index (κ1) is 39.6. The molecule has 244 valence electrons. The molecule has 0 bridgehead atoms. The fourth-order valence-corrected chi connectivity index (χ4v) is 3.84. The van der Waals surface area contributed by atoms with Crippen molar-refractivity contribution in [1.82, 2.24) is 0 Å². The Morgan fingerprint density at radius 3 is 0.976 bits per heavy atom. The zero-order chi connectivity index (χ0) is 30.2. The quantitative estimate of drug-likeness (QED) is 0.0441. The maximum Gasteiger partial charge on any atom is 0.159 e. The second-order valence-electron chi connectivity index (χ2n) is 10.6. The smallest absolute Gasteiger partial charge is 0.159 e. The molecule has 0 unspecified atom stereocenters. The van der Waals surface area contributed by atoms with Gasteiger partial charge in [-0.05, 0) is 38.5 Å². The predicted molar refractivity (Wildman–Crippen MR) is 168 cm³/mol. The van der Waals surface area contributed by atoms with Crippen LogP contribution >= 0.6 is 0 Å². The standard InChI is InChI=1S/C34H66O7/c1-7-13-19-21-31(38-23-15-9-3)33(40-25-17-11-5)27-35-29-37-30-36-28-34(41-26-18-12-6)32(22-20-14-8-2)39-24-16-10-4/h7-30H2,1-6H3. The van der Waals surface area contributed by atoms with E-state index in [-0.39, 0.29) is 13.6 Å². The molecule has 0 aromatic heterocycles. The highest BCUT2D eigenvalue weighted by atomic mass is 16.7. The monoisotopic (exact) mass is 586 g/mol. The summed E-state index contributed by atoms with van der Waals surface area (Å²) in [5.41, 5.74) is 0. The van der Waals surface area contributed by atoms with Crippen molar-refractivity contribution in [2.75, 3.05) is 53.2 Å². The fourth-order valence-electron chi connectivity index (χ4n) is 3.84. The molecule has 0 fully saturated rings. The second kappa shape index (κ2) is 31.5. The predicted octanol–water partition coefficient (Wildman–Crippen LogP) is 9.80. The molecule has 7 heteroatoms. The Morgan fingerprint density at radius 2 is 0.659 bits per heavy atom. The van der Waals surface area contributed by atoms with Crippen molar-refractivity contribution in [3.63, 3.8) is 0 Å². The highest BCUT2D eigenvalue weighted by molar-refractivity contribution is 5.03. The summed E-state index contributed by atoms with van der Waals surface area (Å²) >= 11 is 0. The normalized spacial score (nSPS) is 12.6. The third-order valence-corrected chi connectivity index (χ3v) is 6.53. The Balaban J connectivity index is 5.01. The molecule has 0 radical (unpaired) electrons. The third-order valence-electron chi connectivity index (χ3n) is 6.53. The lowest BCUT2D eigenvalue weighted by Crippen LogP contribution is -2.14. The zero-order valence-corrected chi connectivity index (χ0v) is 27.8. The molecule has 0 heterocycles. The minimum atomic E-state index is 0.115. The minimum absolute atomic E-state index is 0.115. The van der Waals surface area contributed by atoms with Gasteiger partial charge >= 0.3 is 0 Å². The number of hydrogen-bond acceptors (Lipinski definition) is 7. The van der Waals surface area contributed by atoms with Crippen LogP contribution in [-0.4, -0.2) is 53.2 Å². The molecule has 41 heavy (non-hydrogen) atoms. The minimum Gasteiger partial charge on any atom is -0.494 e. The largest absolute Gasteiger partial charge is 0.494 e. The van der Waals surface area contributed by atoms with Crippen LogP contribution in [0.1, 0.15) is 144 Å². The van der Waals surface area contributed by atoms with E-state index in [1.54, 1.807) is 0 Å². The zero-order valence-electron chi connectivity index (χ0n) is 27.8. The molecule has 0 aliphatic heterocycles. The van der Waals surface area contributed by atoms with Gasteiger partial charge in [-0.15, -0.1) is 0 Å². The molecule has 0 atom stereocenters. The van der Waals surface area contributed by atoms with Crippen molar-refractivity contribution in [2.45, 2.75) is 144 Å². The SMILES string of the molecule is CCCCCC(OCCCC)=C(COCOCOCC(OCCCC)=C(CCCCC)OCCCC)OCCCC. The van der Waals surface area contributed by atoms with E-state index in [2.05, 4.69) is 41.5 Å². The summed E-state index contributed by atoms with van der Waals surface area (Å²) in [6.07, 6.45) is 17.0. The van der Waals surface area contributed by atoms with Crippen LogP contribution in [0.5, 0.6) is 0 Å². The number of hydrogen-bond donors (Lipinski definition) is 0. The van der Waals surface area contributed by atoms with Crippen LogP contribution in [0.15, 0.2) is 23.0 Å². The maximum absolute atomic E-state index is 6.15. The lowest BCUT2D eigenvalue weighted by atomic mass is 10.1. The van der Waals surface area contributed by atoms with Gasteiger partial charge in [0.15, 0.2) is 11.5 Å². The molecule has 0 aliphatic rings. The molecular formula is C34H66O7. The average Bonchev–Trinajstić information content (AvgIpc) is 2.98. The van der Waals surface area contributed by atoms with E-state index in [0.29, 0.717) is 39.6 Å². The van der Waals surface area contributed by atoms with Crippen molar-refractivity contribution in [1.29, 1.82) is 0 Å². The van der Waals surface area contributed by atoms with Gasteiger partial charge in [0.05, 0.1) is 26.4 Å². The summed E-state index contributed by atoms with van der Waals surface area (Å²) in [7, 11) is 0. The third kappa shape index (κ3) is 23.8. The van der Waals surface area contributed by atoms with Crippen LogP contribution < -0.4 is 0 Å². The summed E-state index contributed by atoms with van der Waals surface area (Å²) in [4.78, 5) is 0. The van der Waals surface area contributed by atoms with E-state index < -0.39 is 0 Å². The van der Waals surface area contributed by atoms with Gasteiger partial charge in [0.25, 0.3) is 0 Å². The summed E-state index contributed by atoms with van der Waals surface area (Å²) in [6, 6.07) is 0. The van der Waals surface area contributed by atoms with Gasteiger partial charge in [-0.2, -0.15) is 0 Å². The van der Waals surface area contributed by atoms with Crippen molar-refractivity contribution >= 4 is 0 Å². The highest BCUT2D eigenvalue weighted by Crippen LogP contribution is 2.20. The number of ether oxygens (including phenoxy) is 7. The van der Waals surface area contributed by atoms with E-state index in [0.717, 1.165) is 100 Å². The van der Waals surface area contributed by atoms with Crippen molar-refractivity contribution in [2.24, 2.45) is 0 Å². The number of allylic oxidation sites excluding steroid dienone is 2. The Labute approximate surface area is 253 Å². The van der Waals surface area contributed by atoms with Gasteiger partial charge in [-0.25, -0.2) is 0 Å². The Bertz CT molecular complexity index is 542. The van der Waals surface area contributed by atoms with Gasteiger partial charge in [0.2, 0.25) is 0 Å². The van der Waals surface area contributed by atoms with E-state index in [1.165, 1.54) is 25.7 Å². The molecular weight excluding hydrogens is 520 g/mol. The second-order valence-corrected chi connectivity index (χ2v) is 10.6. The van der Waals surface area contributed by atoms with Gasteiger partial charge in [0.1, 0.15) is 38.3 Å². The molecule has 0 rings (SSSR count). The first-order valence-corrected chi connectivity index (χ1v) is 16.9. The maximum atomic E-state index is 6.15. The Kier molecular flexibility index (Phi) is 30.4. The molecule has 0 aliphatic carbocycles. The van der Waals surface area contributed by atoms with Crippen LogP contribution in [0, 0.1) is 0 Å². The van der Waals surface area contributed by atoms with E-state index >= 15 is 0 Å². The molecule has 0 spiro atoms. The van der Waals surface area contributed by atoms with Gasteiger partial charge in [-0.3, -0.25) is 0 Å². The first-order valence-electron chi connectivity index (χ1n) is 16.9. The van der Waals surface area contributed by atoms with E-state index in [1.807, 2.05) is 0 Å². The molecule has 0 N–H and O–H groups in total. The van der Waals surface area contributed by atoms with E-state index in [9.17, 15) is 0 Å². The van der Waals surface area contributed by atoms with Gasteiger partial charge in [-0.1, -0.05) is 92.9 Å². The highest BCUT2D eigenvalue weighted by Gasteiger charge is 2.13. The Morgan fingerprint density at radius 1 is 0.341 bits per heavy atom. The van der Waals surface area contributed by atoms with Crippen molar-refractivity contribution < 1.29 is 33.2 Å². The number of rotatable bonds is 32. The van der Waals surface area contributed by atoms with Crippen molar-refractivity contribution in [3.05, 3.63) is 23.0 Å². The summed E-state index contributed by atoms with van der Waals surface area (Å²) in [6.45, 7) is 16.7. The fraction of sp³-hybridized carbons (Fsp3) is 0.882. The van der Waals surface area contributed by atoms with Crippen molar-refractivity contribution in [3.8, 4) is 0 Å². The van der Waals surface area contributed by atoms with E-state index in [4.69, 9.17) is 33.2 Å². The summed E-state index contributed by atoms with van der Waals surface area (Å²) < 4.78 is 41.9. The molecule has 0 amide bonds. The molecule has 0 aromatic carbocycles. The van der Waals surface area contributed by atoms with Gasteiger partial charge in [0, 0.05) is 12.8 Å². The van der Waals surface area contributed by atoms with Crippen LogP contribution in [0.25, 0.3) is 0 Å². The Hall–Kier alpha value is -1.44.